The predicted molar refractivity (Wildman–Crippen MR) is 55.7 cm³/mol. The van der Waals surface area contributed by atoms with Crippen LogP contribution in [0, 0.1) is 10.1 Å². The molecule has 0 spiro atoms. The van der Waals surface area contributed by atoms with Crippen LogP contribution in [0.4, 0.5) is 13.2 Å². The van der Waals surface area contributed by atoms with E-state index in [1.807, 2.05) is 0 Å². The second kappa shape index (κ2) is 5.39. The smallest absolute Gasteiger partial charge is 0.496 e. The van der Waals surface area contributed by atoms with E-state index < -0.39 is 17.0 Å². The quantitative estimate of drug-likeness (QED) is 0.619. The lowest BCUT2D eigenvalue weighted by Crippen LogP contribution is -2.17. The molecule has 0 radical (unpaired) electrons. The molecule has 0 amide bonds. The van der Waals surface area contributed by atoms with Crippen LogP contribution in [0.25, 0.3) is 6.08 Å². The second-order valence-electron chi connectivity index (χ2n) is 3.05. The zero-order chi connectivity index (χ0) is 13.8. The third-order valence-corrected chi connectivity index (χ3v) is 1.81. The normalized spacial score (nSPS) is 11.6. The number of rotatable bonds is 4. The second-order valence-corrected chi connectivity index (χ2v) is 3.05. The van der Waals surface area contributed by atoms with Gasteiger partial charge in [0.1, 0.15) is 11.5 Å². The number of halogens is 3. The summed E-state index contributed by atoms with van der Waals surface area (Å²) in [6.07, 6.45) is -3.21. The minimum absolute atomic E-state index is 0.107. The van der Waals surface area contributed by atoms with Crippen molar-refractivity contribution >= 4 is 6.08 Å². The number of ether oxygens (including phenoxy) is 2. The summed E-state index contributed by atoms with van der Waals surface area (Å²) in [5.41, 5.74) is 0.107. The largest absolute Gasteiger partial charge is 0.573 e. The van der Waals surface area contributed by atoms with Gasteiger partial charge in [-0.25, -0.2) is 0 Å². The lowest BCUT2D eigenvalue weighted by Gasteiger charge is -2.10. The molecule has 1 aromatic rings. The van der Waals surface area contributed by atoms with Crippen LogP contribution in [0.1, 0.15) is 5.56 Å². The van der Waals surface area contributed by atoms with Gasteiger partial charge in [0.25, 0.3) is 0 Å². The maximum Gasteiger partial charge on any atom is 0.573 e. The molecule has 0 unspecified atom stereocenters. The van der Waals surface area contributed by atoms with Crippen molar-refractivity contribution in [2.24, 2.45) is 0 Å². The van der Waals surface area contributed by atoms with Crippen molar-refractivity contribution in [3.8, 4) is 11.5 Å². The number of benzene rings is 1. The Morgan fingerprint density at radius 3 is 2.56 bits per heavy atom. The summed E-state index contributed by atoms with van der Waals surface area (Å²) in [5.74, 6) is -0.283. The van der Waals surface area contributed by atoms with Gasteiger partial charge in [-0.3, -0.25) is 10.1 Å². The lowest BCUT2D eigenvalue weighted by atomic mass is 10.2. The molecule has 0 saturated carbocycles. The molecule has 0 N–H and O–H groups in total. The topological polar surface area (TPSA) is 61.6 Å². The molecule has 0 saturated heterocycles. The first-order valence-electron chi connectivity index (χ1n) is 4.57. The molecule has 8 heteroatoms. The van der Waals surface area contributed by atoms with Crippen LogP contribution in [-0.4, -0.2) is 18.4 Å². The molecule has 1 aromatic carbocycles. The van der Waals surface area contributed by atoms with E-state index in [2.05, 4.69) is 4.74 Å². The molecule has 0 heterocycles. The Balaban J connectivity index is 3.05. The van der Waals surface area contributed by atoms with Gasteiger partial charge in [0, 0.05) is 11.6 Å². The number of alkyl halides is 3. The van der Waals surface area contributed by atoms with Gasteiger partial charge in [-0.2, -0.15) is 0 Å². The molecule has 0 bridgehead atoms. The highest BCUT2D eigenvalue weighted by molar-refractivity contribution is 5.58. The van der Waals surface area contributed by atoms with E-state index in [0.29, 0.717) is 6.20 Å². The van der Waals surface area contributed by atoms with Crippen molar-refractivity contribution in [3.63, 3.8) is 0 Å². The van der Waals surface area contributed by atoms with Crippen molar-refractivity contribution in [1.82, 2.24) is 0 Å². The van der Waals surface area contributed by atoms with Crippen LogP contribution < -0.4 is 9.47 Å². The summed E-state index contributed by atoms with van der Waals surface area (Å²) in [7, 11) is 1.29. The highest BCUT2D eigenvalue weighted by Gasteiger charge is 2.31. The molecule has 1 rings (SSSR count). The van der Waals surface area contributed by atoms with Crippen LogP contribution in [0.15, 0.2) is 24.4 Å². The summed E-state index contributed by atoms with van der Waals surface area (Å²) >= 11 is 0. The number of hydrogen-bond acceptors (Lipinski definition) is 4. The van der Waals surface area contributed by atoms with Crippen molar-refractivity contribution in [1.29, 1.82) is 0 Å². The Bertz CT molecular complexity index is 471. The predicted octanol–water partition coefficient (Wildman–Crippen LogP) is 2.84. The van der Waals surface area contributed by atoms with Gasteiger partial charge in [-0.15, -0.1) is 13.2 Å². The number of nitro groups is 1. The maximum absolute atomic E-state index is 12.0. The van der Waals surface area contributed by atoms with Crippen molar-refractivity contribution in [2.75, 3.05) is 7.11 Å². The van der Waals surface area contributed by atoms with E-state index in [1.165, 1.54) is 13.2 Å². The zero-order valence-corrected chi connectivity index (χ0v) is 9.10. The molecular weight excluding hydrogens is 255 g/mol. The lowest BCUT2D eigenvalue weighted by molar-refractivity contribution is -0.400. The van der Waals surface area contributed by atoms with Crippen LogP contribution in [0.3, 0.4) is 0 Å². The van der Waals surface area contributed by atoms with Crippen LogP contribution in [0.2, 0.25) is 0 Å². The fourth-order valence-corrected chi connectivity index (χ4v) is 1.18. The third-order valence-electron chi connectivity index (χ3n) is 1.81. The standard InChI is InChI=1S/C10H8F3NO4/c1-17-9-3-2-8(18-10(11,12)13)6-7(9)4-5-14(15)16/h2-6H,1H3. The molecule has 0 atom stereocenters. The van der Waals surface area contributed by atoms with E-state index in [-0.39, 0.29) is 11.3 Å². The monoisotopic (exact) mass is 263 g/mol. The summed E-state index contributed by atoms with van der Waals surface area (Å²) in [4.78, 5) is 9.41. The van der Waals surface area contributed by atoms with Gasteiger partial charge >= 0.3 is 6.36 Å². The van der Waals surface area contributed by atoms with E-state index >= 15 is 0 Å². The van der Waals surface area contributed by atoms with Crippen molar-refractivity contribution in [2.45, 2.75) is 6.36 Å². The Morgan fingerprint density at radius 2 is 2.06 bits per heavy atom. The third kappa shape index (κ3) is 4.32. The van der Waals surface area contributed by atoms with Crippen LogP contribution in [0.5, 0.6) is 11.5 Å². The molecule has 5 nitrogen and oxygen atoms in total. The SMILES string of the molecule is COc1ccc(OC(F)(F)F)cc1C=C[N+](=O)[O-]. The van der Waals surface area contributed by atoms with E-state index in [4.69, 9.17) is 4.74 Å². The Hall–Kier alpha value is -2.25. The van der Waals surface area contributed by atoms with Crippen LogP contribution >= 0.6 is 0 Å². The summed E-state index contributed by atoms with van der Waals surface area (Å²) in [6, 6.07) is 3.27. The Labute approximate surface area is 99.6 Å². The molecule has 0 aromatic heterocycles. The number of nitrogens with zero attached hydrogens (tertiary/aromatic N) is 1. The average molecular weight is 263 g/mol. The van der Waals surface area contributed by atoms with Gasteiger partial charge in [-0.1, -0.05) is 0 Å². The van der Waals surface area contributed by atoms with Crippen molar-refractivity contribution < 1.29 is 27.6 Å². The highest BCUT2D eigenvalue weighted by Crippen LogP contribution is 2.29. The first-order valence-corrected chi connectivity index (χ1v) is 4.57. The molecule has 98 valence electrons. The number of methoxy groups -OCH3 is 1. The minimum atomic E-state index is -4.82. The van der Waals surface area contributed by atoms with E-state index in [9.17, 15) is 23.3 Å². The Kier molecular flexibility index (Phi) is 4.13. The van der Waals surface area contributed by atoms with Gasteiger partial charge in [0.15, 0.2) is 0 Å². The first-order chi connectivity index (χ1) is 8.31. The molecule has 0 fully saturated rings. The Morgan fingerprint density at radius 1 is 1.39 bits per heavy atom. The number of hydrogen-bond donors (Lipinski definition) is 0. The minimum Gasteiger partial charge on any atom is -0.496 e. The van der Waals surface area contributed by atoms with Crippen molar-refractivity contribution in [3.05, 3.63) is 40.1 Å². The molecule has 0 aliphatic heterocycles. The van der Waals surface area contributed by atoms with Gasteiger partial charge in [0.05, 0.1) is 12.0 Å². The summed E-state index contributed by atoms with van der Waals surface area (Å²) in [6.45, 7) is 0. The molecule has 0 aliphatic rings. The average Bonchev–Trinajstić information content (AvgIpc) is 2.24. The first kappa shape index (κ1) is 13.8. The van der Waals surface area contributed by atoms with Gasteiger partial charge in [0.2, 0.25) is 6.20 Å². The zero-order valence-electron chi connectivity index (χ0n) is 9.10. The van der Waals surface area contributed by atoms with E-state index in [1.54, 1.807) is 0 Å². The van der Waals surface area contributed by atoms with Gasteiger partial charge < -0.3 is 9.47 Å². The highest BCUT2D eigenvalue weighted by atomic mass is 19.4. The molecule has 0 aliphatic carbocycles. The summed E-state index contributed by atoms with van der Waals surface area (Å²) < 4.78 is 44.5. The van der Waals surface area contributed by atoms with Crippen LogP contribution in [-0.2, 0) is 0 Å². The maximum atomic E-state index is 12.0. The van der Waals surface area contributed by atoms with E-state index in [0.717, 1.165) is 18.2 Å². The molecule has 18 heavy (non-hydrogen) atoms. The fraction of sp³-hybridized carbons (Fsp3) is 0.200. The fourth-order valence-electron chi connectivity index (χ4n) is 1.18. The van der Waals surface area contributed by atoms with Gasteiger partial charge in [-0.05, 0) is 18.2 Å². The molecular formula is C10H8F3NO4. The summed E-state index contributed by atoms with van der Waals surface area (Å²) in [5, 5.41) is 10.2.